The van der Waals surface area contributed by atoms with Crippen LogP contribution in [0.15, 0.2) is 16.3 Å². The molecule has 0 bridgehead atoms. The van der Waals surface area contributed by atoms with Gasteiger partial charge in [0.15, 0.2) is 0 Å². The molecule has 1 aromatic rings. The zero-order chi connectivity index (χ0) is 12.3. The van der Waals surface area contributed by atoms with Crippen molar-refractivity contribution in [3.63, 3.8) is 0 Å². The number of hydrazone groups is 1. The number of nitrogens with zero attached hydrogens (tertiary/aromatic N) is 5. The third-order valence-electron chi connectivity index (χ3n) is 2.43. The van der Waals surface area contributed by atoms with E-state index in [9.17, 15) is 10.1 Å². The van der Waals surface area contributed by atoms with Gasteiger partial charge in [0.25, 0.3) is 0 Å². The Hall–Kier alpha value is -2.25. The highest BCUT2D eigenvalue weighted by molar-refractivity contribution is 5.85. The Labute approximate surface area is 97.2 Å². The molecule has 1 aliphatic rings. The van der Waals surface area contributed by atoms with Gasteiger partial charge < -0.3 is 10.1 Å². The molecule has 17 heavy (non-hydrogen) atoms. The average molecular weight is 236 g/mol. The average Bonchev–Trinajstić information content (AvgIpc) is 2.89. The van der Waals surface area contributed by atoms with Crippen LogP contribution < -0.4 is 5.43 Å². The molecule has 0 atom stereocenters. The third-order valence-corrected chi connectivity index (χ3v) is 2.43. The SMILES string of the molecule is Cn1c([N+](=O)[O-])cnc1C=NNC1=NCCC1. The first kappa shape index (κ1) is 11.2. The van der Waals surface area contributed by atoms with E-state index in [2.05, 4.69) is 20.5 Å². The van der Waals surface area contributed by atoms with E-state index in [0.717, 1.165) is 25.2 Å². The molecule has 0 aromatic carbocycles. The van der Waals surface area contributed by atoms with Crippen LogP contribution >= 0.6 is 0 Å². The summed E-state index contributed by atoms with van der Waals surface area (Å²) in [6, 6.07) is 0. The molecule has 0 saturated carbocycles. The molecule has 0 fully saturated rings. The van der Waals surface area contributed by atoms with E-state index in [-0.39, 0.29) is 5.82 Å². The van der Waals surface area contributed by atoms with Gasteiger partial charge in [-0.15, -0.1) is 0 Å². The largest absolute Gasteiger partial charge is 0.358 e. The maximum atomic E-state index is 10.6. The molecule has 2 heterocycles. The highest BCUT2D eigenvalue weighted by Crippen LogP contribution is 2.09. The number of hydrogen-bond acceptors (Lipinski definition) is 6. The molecule has 8 heteroatoms. The molecule has 2 rings (SSSR count). The van der Waals surface area contributed by atoms with Crippen LogP contribution in [0.1, 0.15) is 18.7 Å². The van der Waals surface area contributed by atoms with E-state index in [0.29, 0.717) is 5.82 Å². The van der Waals surface area contributed by atoms with Crippen LogP contribution in [-0.4, -0.2) is 33.1 Å². The number of rotatable bonds is 3. The Morgan fingerprint density at radius 3 is 3.12 bits per heavy atom. The van der Waals surface area contributed by atoms with E-state index >= 15 is 0 Å². The lowest BCUT2D eigenvalue weighted by molar-refractivity contribution is -0.391. The minimum atomic E-state index is -0.487. The zero-order valence-corrected chi connectivity index (χ0v) is 9.33. The van der Waals surface area contributed by atoms with Crippen LogP contribution in [0.2, 0.25) is 0 Å². The highest BCUT2D eigenvalue weighted by Gasteiger charge is 2.14. The Balaban J connectivity index is 2.03. The summed E-state index contributed by atoms with van der Waals surface area (Å²) in [4.78, 5) is 18.2. The third kappa shape index (κ3) is 2.47. The monoisotopic (exact) mass is 236 g/mol. The molecule has 0 saturated heterocycles. The van der Waals surface area contributed by atoms with Gasteiger partial charge in [-0.05, 0) is 11.3 Å². The lowest BCUT2D eigenvalue weighted by Gasteiger charge is -1.96. The number of amidine groups is 1. The van der Waals surface area contributed by atoms with E-state index in [4.69, 9.17) is 0 Å². The summed E-state index contributed by atoms with van der Waals surface area (Å²) in [6.45, 7) is 0.825. The second kappa shape index (κ2) is 4.73. The maximum absolute atomic E-state index is 10.6. The smallest absolute Gasteiger partial charge is 0.342 e. The van der Waals surface area contributed by atoms with E-state index in [1.165, 1.54) is 17.0 Å². The topological polar surface area (TPSA) is 97.7 Å². The van der Waals surface area contributed by atoms with Gasteiger partial charge in [-0.1, -0.05) is 0 Å². The van der Waals surface area contributed by atoms with Crippen LogP contribution in [-0.2, 0) is 7.05 Å². The minimum Gasteiger partial charge on any atom is -0.358 e. The number of hydrogen-bond donors (Lipinski definition) is 1. The van der Waals surface area contributed by atoms with Gasteiger partial charge in [0.2, 0.25) is 5.82 Å². The maximum Gasteiger partial charge on any atom is 0.342 e. The Kier molecular flexibility index (Phi) is 3.12. The van der Waals surface area contributed by atoms with Gasteiger partial charge in [0.05, 0.1) is 7.05 Å². The number of aromatic nitrogens is 2. The van der Waals surface area contributed by atoms with Crippen LogP contribution in [0.5, 0.6) is 0 Å². The molecular weight excluding hydrogens is 224 g/mol. The first-order chi connectivity index (χ1) is 8.18. The number of imidazole rings is 1. The van der Waals surface area contributed by atoms with Crippen molar-refractivity contribution in [1.82, 2.24) is 15.0 Å². The summed E-state index contributed by atoms with van der Waals surface area (Å²) in [5.41, 5.74) is 2.79. The summed E-state index contributed by atoms with van der Waals surface area (Å²) < 4.78 is 1.36. The molecule has 90 valence electrons. The number of nitrogens with one attached hydrogen (secondary N) is 1. The molecule has 0 amide bonds. The lowest BCUT2D eigenvalue weighted by Crippen LogP contribution is -2.15. The molecule has 1 aliphatic heterocycles. The fraction of sp³-hybridized carbons (Fsp3) is 0.444. The van der Waals surface area contributed by atoms with Crippen molar-refractivity contribution in [1.29, 1.82) is 0 Å². The first-order valence-corrected chi connectivity index (χ1v) is 5.17. The molecule has 8 nitrogen and oxygen atoms in total. The van der Waals surface area contributed by atoms with Crippen molar-refractivity contribution >= 4 is 17.9 Å². The fourth-order valence-electron chi connectivity index (χ4n) is 1.50. The second-order valence-electron chi connectivity index (χ2n) is 3.59. The zero-order valence-electron chi connectivity index (χ0n) is 9.33. The van der Waals surface area contributed by atoms with Crippen LogP contribution in [0.3, 0.4) is 0 Å². The predicted octanol–water partition coefficient (Wildman–Crippen LogP) is 0.444. The van der Waals surface area contributed by atoms with Crippen molar-refractivity contribution in [3.05, 3.63) is 22.1 Å². The summed E-state index contributed by atoms with van der Waals surface area (Å²) in [6.07, 6.45) is 4.56. The second-order valence-corrected chi connectivity index (χ2v) is 3.59. The quantitative estimate of drug-likeness (QED) is 0.467. The Morgan fingerprint density at radius 2 is 2.53 bits per heavy atom. The number of nitro groups is 1. The molecule has 1 N–H and O–H groups in total. The van der Waals surface area contributed by atoms with Crippen LogP contribution in [0.4, 0.5) is 5.82 Å². The number of aliphatic imine (C=N–C) groups is 1. The van der Waals surface area contributed by atoms with Crippen molar-refractivity contribution in [2.45, 2.75) is 12.8 Å². The first-order valence-electron chi connectivity index (χ1n) is 5.17. The van der Waals surface area contributed by atoms with Crippen molar-refractivity contribution in [2.24, 2.45) is 17.1 Å². The van der Waals surface area contributed by atoms with Crippen molar-refractivity contribution < 1.29 is 4.92 Å². The van der Waals surface area contributed by atoms with E-state index in [1.807, 2.05) is 0 Å². The van der Waals surface area contributed by atoms with Gasteiger partial charge in [0, 0.05) is 13.0 Å². The van der Waals surface area contributed by atoms with Gasteiger partial charge >= 0.3 is 5.82 Å². The molecule has 0 aliphatic carbocycles. The molecule has 0 radical (unpaired) electrons. The standard InChI is InChI=1S/C9H12N6O2/c1-14-8(11-6-9(14)15(16)17)5-12-13-7-3-2-4-10-7/h5-6H,2-4H2,1H3,(H,10,13). The van der Waals surface area contributed by atoms with Crippen LogP contribution in [0.25, 0.3) is 0 Å². The Morgan fingerprint density at radius 1 is 1.71 bits per heavy atom. The van der Waals surface area contributed by atoms with Crippen molar-refractivity contribution in [3.8, 4) is 0 Å². The Bertz CT molecular complexity index is 490. The van der Waals surface area contributed by atoms with E-state index in [1.54, 1.807) is 7.05 Å². The van der Waals surface area contributed by atoms with Crippen molar-refractivity contribution in [2.75, 3.05) is 6.54 Å². The predicted molar refractivity (Wildman–Crippen MR) is 62.1 cm³/mol. The minimum absolute atomic E-state index is 0.0651. The van der Waals surface area contributed by atoms with Gasteiger partial charge in [-0.2, -0.15) is 5.10 Å². The molecule has 0 spiro atoms. The lowest BCUT2D eigenvalue weighted by atomic mass is 10.3. The van der Waals surface area contributed by atoms with Gasteiger partial charge in [-0.25, -0.2) is 9.55 Å². The molecule has 1 aromatic heterocycles. The summed E-state index contributed by atoms with van der Waals surface area (Å²) in [5.74, 6) is 1.19. The van der Waals surface area contributed by atoms with Crippen LogP contribution in [0, 0.1) is 10.1 Å². The fourth-order valence-corrected chi connectivity index (χ4v) is 1.50. The summed E-state index contributed by atoms with van der Waals surface area (Å²) in [7, 11) is 1.57. The molecule has 0 unspecified atom stereocenters. The summed E-state index contributed by atoms with van der Waals surface area (Å²) in [5, 5.41) is 14.5. The van der Waals surface area contributed by atoms with E-state index < -0.39 is 4.92 Å². The van der Waals surface area contributed by atoms with Gasteiger partial charge in [0.1, 0.15) is 18.2 Å². The molecular formula is C9H12N6O2. The summed E-state index contributed by atoms with van der Waals surface area (Å²) >= 11 is 0. The van der Waals surface area contributed by atoms with Gasteiger partial charge in [-0.3, -0.25) is 10.4 Å². The normalized spacial score (nSPS) is 15.2. The highest BCUT2D eigenvalue weighted by atomic mass is 16.6.